The Balaban J connectivity index is 1.76. The Morgan fingerprint density at radius 2 is 1.88 bits per heavy atom. The molecule has 0 atom stereocenters. The lowest BCUT2D eigenvalue weighted by atomic mass is 10.3. The van der Waals surface area contributed by atoms with E-state index >= 15 is 0 Å². The number of hydrogen-bond donors (Lipinski definition) is 1. The third-order valence-electron chi connectivity index (χ3n) is 2.75. The summed E-state index contributed by atoms with van der Waals surface area (Å²) in [6.45, 7) is -0.508. The number of carbonyl (C=O) groups is 2. The molecule has 2 aromatic rings. The van der Waals surface area contributed by atoms with Crippen LogP contribution in [0.15, 0.2) is 47.4 Å². The Hall–Kier alpha value is -2.12. The van der Waals surface area contributed by atoms with Gasteiger partial charge in [-0.2, -0.15) is 0 Å². The Bertz CT molecular complexity index is 758. The maximum Gasteiger partial charge on any atom is 0.316 e. The van der Waals surface area contributed by atoms with Gasteiger partial charge < -0.3 is 10.1 Å². The molecule has 24 heavy (non-hydrogen) atoms. The molecule has 0 aliphatic rings. The standard InChI is InChI=1S/C16H12ClF2NO3S/c17-11-7-10(5-6-12(11)18)20-15(21)8-23-16(22)9-24-14-4-2-1-3-13(14)19/h1-7H,8-9H2,(H,20,21). The van der Waals surface area contributed by atoms with Gasteiger partial charge in [0.2, 0.25) is 0 Å². The molecule has 126 valence electrons. The molecule has 2 aromatic carbocycles. The molecule has 0 saturated heterocycles. The lowest BCUT2D eigenvalue weighted by Crippen LogP contribution is -2.21. The number of carbonyl (C=O) groups excluding carboxylic acids is 2. The summed E-state index contributed by atoms with van der Waals surface area (Å²) < 4.78 is 31.2. The normalized spacial score (nSPS) is 10.3. The zero-order valence-electron chi connectivity index (χ0n) is 12.2. The van der Waals surface area contributed by atoms with E-state index in [4.69, 9.17) is 16.3 Å². The van der Waals surface area contributed by atoms with Gasteiger partial charge >= 0.3 is 5.97 Å². The van der Waals surface area contributed by atoms with E-state index in [-0.39, 0.29) is 16.5 Å². The molecule has 0 aliphatic carbocycles. The van der Waals surface area contributed by atoms with Gasteiger partial charge in [0.05, 0.1) is 10.8 Å². The van der Waals surface area contributed by atoms with E-state index < -0.39 is 30.1 Å². The summed E-state index contributed by atoms with van der Waals surface area (Å²) >= 11 is 6.57. The largest absolute Gasteiger partial charge is 0.455 e. The minimum absolute atomic E-state index is 0.128. The number of amides is 1. The molecule has 0 aliphatic heterocycles. The first kappa shape index (κ1) is 18.2. The smallest absolute Gasteiger partial charge is 0.316 e. The number of rotatable bonds is 6. The number of ether oxygens (including phenoxy) is 1. The SMILES string of the molecule is O=C(COC(=O)CSc1ccccc1F)Nc1ccc(F)c(Cl)c1. The summed E-state index contributed by atoms with van der Waals surface area (Å²) in [5.74, 6) is -2.42. The zero-order valence-corrected chi connectivity index (χ0v) is 13.8. The molecule has 0 radical (unpaired) electrons. The van der Waals surface area contributed by atoms with Crippen molar-refractivity contribution in [2.45, 2.75) is 4.90 Å². The number of esters is 1. The molecule has 4 nitrogen and oxygen atoms in total. The number of thioether (sulfide) groups is 1. The number of nitrogens with one attached hydrogen (secondary N) is 1. The average molecular weight is 372 g/mol. The summed E-state index contributed by atoms with van der Waals surface area (Å²) in [7, 11) is 0. The second-order valence-electron chi connectivity index (χ2n) is 4.56. The predicted octanol–water partition coefficient (Wildman–Crippen LogP) is 3.89. The van der Waals surface area contributed by atoms with Crippen LogP contribution >= 0.6 is 23.4 Å². The van der Waals surface area contributed by atoms with Gasteiger partial charge in [0.15, 0.2) is 6.61 Å². The van der Waals surface area contributed by atoms with Crippen LogP contribution in [0.2, 0.25) is 5.02 Å². The van der Waals surface area contributed by atoms with Crippen LogP contribution in [0, 0.1) is 11.6 Å². The van der Waals surface area contributed by atoms with Gasteiger partial charge in [0, 0.05) is 10.6 Å². The van der Waals surface area contributed by atoms with Crippen LogP contribution < -0.4 is 5.32 Å². The molecule has 1 amide bonds. The minimum atomic E-state index is -0.657. The Morgan fingerprint density at radius 3 is 2.58 bits per heavy atom. The van der Waals surface area contributed by atoms with Crippen LogP contribution in [-0.2, 0) is 14.3 Å². The molecule has 0 spiro atoms. The minimum Gasteiger partial charge on any atom is -0.455 e. The van der Waals surface area contributed by atoms with Crippen LogP contribution in [0.3, 0.4) is 0 Å². The topological polar surface area (TPSA) is 55.4 Å². The summed E-state index contributed by atoms with van der Waals surface area (Å²) in [5, 5.41) is 2.28. The fraction of sp³-hybridized carbons (Fsp3) is 0.125. The van der Waals surface area contributed by atoms with E-state index in [1.165, 1.54) is 24.3 Å². The number of benzene rings is 2. The fourth-order valence-corrected chi connectivity index (χ4v) is 2.58. The average Bonchev–Trinajstić information content (AvgIpc) is 2.55. The molecule has 0 fully saturated rings. The molecule has 0 bridgehead atoms. The van der Waals surface area contributed by atoms with Gasteiger partial charge in [0.1, 0.15) is 11.6 Å². The Labute approximate surface area is 146 Å². The number of anilines is 1. The molecule has 0 unspecified atom stereocenters. The van der Waals surface area contributed by atoms with E-state index in [0.717, 1.165) is 17.8 Å². The number of hydrogen-bond acceptors (Lipinski definition) is 4. The highest BCUT2D eigenvalue weighted by atomic mass is 35.5. The summed E-state index contributed by atoms with van der Waals surface area (Å²) in [5.41, 5.74) is 0.281. The number of halogens is 3. The maximum absolute atomic E-state index is 13.4. The van der Waals surface area contributed by atoms with Gasteiger partial charge in [-0.15, -0.1) is 11.8 Å². The fourth-order valence-electron chi connectivity index (χ4n) is 1.66. The van der Waals surface area contributed by atoms with Crippen LogP contribution in [0.4, 0.5) is 14.5 Å². The van der Waals surface area contributed by atoms with Crippen LogP contribution in [-0.4, -0.2) is 24.2 Å². The van der Waals surface area contributed by atoms with Crippen molar-refractivity contribution in [3.63, 3.8) is 0 Å². The van der Waals surface area contributed by atoms with Crippen molar-refractivity contribution in [2.24, 2.45) is 0 Å². The Kier molecular flexibility index (Phi) is 6.57. The highest BCUT2D eigenvalue weighted by Crippen LogP contribution is 2.21. The van der Waals surface area contributed by atoms with Crippen molar-refractivity contribution in [3.05, 3.63) is 59.1 Å². The first-order valence-corrected chi connectivity index (χ1v) is 8.10. The molecular formula is C16H12ClF2NO3S. The molecule has 2 rings (SSSR count). The third-order valence-corrected chi connectivity index (χ3v) is 4.06. The summed E-state index contributed by atoms with van der Waals surface area (Å²) in [4.78, 5) is 23.5. The third kappa shape index (κ3) is 5.50. The van der Waals surface area contributed by atoms with Crippen molar-refractivity contribution in [2.75, 3.05) is 17.7 Å². The first-order valence-electron chi connectivity index (χ1n) is 6.73. The monoisotopic (exact) mass is 371 g/mol. The summed E-state index contributed by atoms with van der Waals surface area (Å²) in [6, 6.07) is 9.70. The van der Waals surface area contributed by atoms with Crippen LogP contribution in [0.25, 0.3) is 0 Å². The van der Waals surface area contributed by atoms with Gasteiger partial charge in [-0.1, -0.05) is 23.7 Å². The van der Waals surface area contributed by atoms with Crippen molar-refractivity contribution in [3.8, 4) is 0 Å². The second-order valence-corrected chi connectivity index (χ2v) is 5.98. The quantitative estimate of drug-likeness (QED) is 0.618. The lowest BCUT2D eigenvalue weighted by molar-refractivity contribution is -0.144. The van der Waals surface area contributed by atoms with Crippen LogP contribution in [0.1, 0.15) is 0 Å². The lowest BCUT2D eigenvalue weighted by Gasteiger charge is -2.07. The van der Waals surface area contributed by atoms with Crippen LogP contribution in [0.5, 0.6) is 0 Å². The van der Waals surface area contributed by atoms with Gasteiger partial charge in [-0.05, 0) is 30.3 Å². The van der Waals surface area contributed by atoms with E-state index in [1.54, 1.807) is 12.1 Å². The molecule has 0 saturated carbocycles. The van der Waals surface area contributed by atoms with Gasteiger partial charge in [0.25, 0.3) is 5.91 Å². The van der Waals surface area contributed by atoms with Crippen molar-refractivity contribution in [1.82, 2.24) is 0 Å². The van der Waals surface area contributed by atoms with Gasteiger partial charge in [-0.3, -0.25) is 9.59 Å². The van der Waals surface area contributed by atoms with Crippen molar-refractivity contribution >= 4 is 40.9 Å². The molecule has 8 heteroatoms. The molecular weight excluding hydrogens is 360 g/mol. The van der Waals surface area contributed by atoms with E-state index in [1.807, 2.05) is 0 Å². The maximum atomic E-state index is 13.4. The molecule has 0 aromatic heterocycles. The molecule has 1 N–H and O–H groups in total. The van der Waals surface area contributed by atoms with E-state index in [9.17, 15) is 18.4 Å². The second kappa shape index (κ2) is 8.65. The van der Waals surface area contributed by atoms with Gasteiger partial charge in [-0.25, -0.2) is 8.78 Å². The zero-order chi connectivity index (χ0) is 17.5. The van der Waals surface area contributed by atoms with E-state index in [2.05, 4.69) is 5.32 Å². The van der Waals surface area contributed by atoms with Crippen molar-refractivity contribution < 1.29 is 23.1 Å². The highest BCUT2D eigenvalue weighted by Gasteiger charge is 2.11. The summed E-state index contributed by atoms with van der Waals surface area (Å²) in [6.07, 6.45) is 0. The van der Waals surface area contributed by atoms with Crippen molar-refractivity contribution in [1.29, 1.82) is 0 Å². The predicted molar refractivity (Wildman–Crippen MR) is 88.1 cm³/mol. The highest BCUT2D eigenvalue weighted by molar-refractivity contribution is 8.00. The van der Waals surface area contributed by atoms with E-state index in [0.29, 0.717) is 4.90 Å². The molecule has 0 heterocycles. The first-order chi connectivity index (χ1) is 11.5. The Morgan fingerprint density at radius 1 is 1.12 bits per heavy atom.